The fourth-order valence-electron chi connectivity index (χ4n) is 2.86. The standard InChI is InChI=1S/C24H32N2O2S/c1-5-19(3)25-24(28)20(4)26(17-21-9-7-6-8-10-21)23(27)15-16-29-22-13-11-18(2)12-14-22/h6-14,19-20H,5,15-17H2,1-4H3,(H,25,28)/t19-,20-/m0/s1. The summed E-state index contributed by atoms with van der Waals surface area (Å²) in [5, 5.41) is 3.00. The molecule has 0 unspecified atom stereocenters. The van der Waals surface area contributed by atoms with Crippen LogP contribution < -0.4 is 5.32 Å². The number of aryl methyl sites for hydroxylation is 1. The second kappa shape index (κ2) is 11.7. The average Bonchev–Trinajstić information content (AvgIpc) is 2.73. The summed E-state index contributed by atoms with van der Waals surface area (Å²) in [6.45, 7) is 8.32. The van der Waals surface area contributed by atoms with Crippen molar-refractivity contribution in [2.24, 2.45) is 0 Å². The van der Waals surface area contributed by atoms with E-state index in [0.29, 0.717) is 18.7 Å². The maximum atomic E-state index is 13.0. The third kappa shape index (κ3) is 7.58. The number of rotatable bonds is 10. The molecule has 2 atom stereocenters. The van der Waals surface area contributed by atoms with Crippen LogP contribution in [0.4, 0.5) is 0 Å². The van der Waals surface area contributed by atoms with E-state index in [0.717, 1.165) is 16.9 Å². The van der Waals surface area contributed by atoms with Gasteiger partial charge in [-0.05, 0) is 44.9 Å². The molecule has 2 aromatic rings. The van der Waals surface area contributed by atoms with Crippen molar-refractivity contribution in [1.29, 1.82) is 0 Å². The highest BCUT2D eigenvalue weighted by molar-refractivity contribution is 7.99. The molecule has 0 spiro atoms. The molecule has 0 radical (unpaired) electrons. The molecule has 4 nitrogen and oxygen atoms in total. The van der Waals surface area contributed by atoms with E-state index < -0.39 is 6.04 Å². The van der Waals surface area contributed by atoms with E-state index in [-0.39, 0.29) is 17.9 Å². The Bertz CT molecular complexity index is 777. The summed E-state index contributed by atoms with van der Waals surface area (Å²) >= 11 is 1.67. The molecule has 2 amide bonds. The van der Waals surface area contributed by atoms with Crippen molar-refractivity contribution < 1.29 is 9.59 Å². The van der Waals surface area contributed by atoms with Crippen molar-refractivity contribution in [3.05, 3.63) is 65.7 Å². The van der Waals surface area contributed by atoms with Gasteiger partial charge in [0.15, 0.2) is 0 Å². The molecule has 0 bridgehead atoms. The maximum Gasteiger partial charge on any atom is 0.242 e. The van der Waals surface area contributed by atoms with Crippen molar-refractivity contribution in [3.63, 3.8) is 0 Å². The molecule has 156 valence electrons. The normalized spacial score (nSPS) is 12.8. The van der Waals surface area contributed by atoms with Crippen molar-refractivity contribution >= 4 is 23.6 Å². The predicted octanol–water partition coefficient (Wildman–Crippen LogP) is 4.81. The largest absolute Gasteiger partial charge is 0.352 e. The highest BCUT2D eigenvalue weighted by atomic mass is 32.2. The van der Waals surface area contributed by atoms with Crippen molar-refractivity contribution in [2.45, 2.75) is 64.1 Å². The third-order valence-electron chi connectivity index (χ3n) is 4.97. The SMILES string of the molecule is CC[C@H](C)NC(=O)[C@H](C)N(Cc1ccccc1)C(=O)CCSc1ccc(C)cc1. The van der Waals surface area contributed by atoms with Crippen LogP contribution in [-0.4, -0.2) is 34.6 Å². The molecular formula is C24H32N2O2S. The molecule has 1 N–H and O–H groups in total. The van der Waals surface area contributed by atoms with Gasteiger partial charge in [0.2, 0.25) is 11.8 Å². The van der Waals surface area contributed by atoms with E-state index in [1.807, 2.05) is 51.1 Å². The molecule has 5 heteroatoms. The first-order valence-corrected chi connectivity index (χ1v) is 11.2. The van der Waals surface area contributed by atoms with Crippen molar-refractivity contribution in [2.75, 3.05) is 5.75 Å². The number of hydrogen-bond acceptors (Lipinski definition) is 3. The van der Waals surface area contributed by atoms with Gasteiger partial charge in [-0.25, -0.2) is 0 Å². The summed E-state index contributed by atoms with van der Waals surface area (Å²) < 4.78 is 0. The summed E-state index contributed by atoms with van der Waals surface area (Å²) in [6, 6.07) is 17.7. The number of nitrogens with zero attached hydrogens (tertiary/aromatic N) is 1. The number of amides is 2. The van der Waals surface area contributed by atoms with E-state index in [9.17, 15) is 9.59 Å². The lowest BCUT2D eigenvalue weighted by molar-refractivity contribution is -0.140. The van der Waals surface area contributed by atoms with Gasteiger partial charge < -0.3 is 10.2 Å². The van der Waals surface area contributed by atoms with Gasteiger partial charge in [-0.1, -0.05) is 55.0 Å². The minimum Gasteiger partial charge on any atom is -0.352 e. The molecule has 2 aromatic carbocycles. The van der Waals surface area contributed by atoms with Gasteiger partial charge in [0.05, 0.1) is 0 Å². The fourth-order valence-corrected chi connectivity index (χ4v) is 3.70. The molecule has 0 heterocycles. The highest BCUT2D eigenvalue weighted by Gasteiger charge is 2.26. The number of carbonyl (C=O) groups is 2. The number of thioether (sulfide) groups is 1. The van der Waals surface area contributed by atoms with Gasteiger partial charge >= 0.3 is 0 Å². The van der Waals surface area contributed by atoms with E-state index >= 15 is 0 Å². The summed E-state index contributed by atoms with van der Waals surface area (Å²) in [5.41, 5.74) is 2.25. The highest BCUT2D eigenvalue weighted by Crippen LogP contribution is 2.20. The number of hydrogen-bond donors (Lipinski definition) is 1. The number of carbonyl (C=O) groups excluding carboxylic acids is 2. The van der Waals surface area contributed by atoms with Gasteiger partial charge in [-0.2, -0.15) is 0 Å². The molecule has 29 heavy (non-hydrogen) atoms. The lowest BCUT2D eigenvalue weighted by Crippen LogP contribution is -2.49. The smallest absolute Gasteiger partial charge is 0.242 e. The van der Waals surface area contributed by atoms with Crippen LogP contribution >= 0.6 is 11.8 Å². The molecule has 0 aliphatic rings. The van der Waals surface area contributed by atoms with Crippen LogP contribution in [0.2, 0.25) is 0 Å². The van der Waals surface area contributed by atoms with Gasteiger partial charge in [0, 0.05) is 29.7 Å². The van der Waals surface area contributed by atoms with Crippen LogP contribution in [-0.2, 0) is 16.1 Å². The maximum absolute atomic E-state index is 13.0. The van der Waals surface area contributed by atoms with Crippen LogP contribution in [0.1, 0.15) is 44.7 Å². The topological polar surface area (TPSA) is 49.4 Å². The molecule has 0 aromatic heterocycles. The summed E-state index contributed by atoms with van der Waals surface area (Å²) in [5.74, 6) is 0.586. The Morgan fingerprint density at radius 3 is 2.31 bits per heavy atom. The Morgan fingerprint density at radius 2 is 1.69 bits per heavy atom. The summed E-state index contributed by atoms with van der Waals surface area (Å²) in [4.78, 5) is 28.5. The zero-order valence-corrected chi connectivity index (χ0v) is 18.7. The monoisotopic (exact) mass is 412 g/mol. The van der Waals surface area contributed by atoms with E-state index in [1.165, 1.54) is 5.56 Å². The number of nitrogens with one attached hydrogen (secondary N) is 1. The molecule has 0 saturated carbocycles. The third-order valence-corrected chi connectivity index (χ3v) is 5.98. The van der Waals surface area contributed by atoms with Crippen molar-refractivity contribution in [1.82, 2.24) is 10.2 Å². The molecule has 0 aliphatic carbocycles. The lowest BCUT2D eigenvalue weighted by Gasteiger charge is -2.29. The van der Waals surface area contributed by atoms with Gasteiger partial charge in [0.1, 0.15) is 6.04 Å². The molecule has 0 saturated heterocycles. The fraction of sp³-hybridized carbons (Fsp3) is 0.417. The van der Waals surface area contributed by atoms with Crippen LogP contribution in [0.3, 0.4) is 0 Å². The molecular weight excluding hydrogens is 380 g/mol. The summed E-state index contributed by atoms with van der Waals surface area (Å²) in [6.07, 6.45) is 1.25. The van der Waals surface area contributed by atoms with E-state index in [4.69, 9.17) is 0 Å². The zero-order valence-electron chi connectivity index (χ0n) is 17.9. The second-order valence-electron chi connectivity index (χ2n) is 7.41. The van der Waals surface area contributed by atoms with Gasteiger partial charge in [0.25, 0.3) is 0 Å². The quantitative estimate of drug-likeness (QED) is 0.570. The Morgan fingerprint density at radius 1 is 1.03 bits per heavy atom. The first kappa shape index (κ1) is 23.0. The second-order valence-corrected chi connectivity index (χ2v) is 8.58. The van der Waals surface area contributed by atoms with E-state index in [2.05, 4.69) is 36.5 Å². The minimum atomic E-state index is -0.513. The number of benzene rings is 2. The minimum absolute atomic E-state index is 0.000247. The Balaban J connectivity index is 2.03. The van der Waals surface area contributed by atoms with Gasteiger partial charge in [-0.15, -0.1) is 11.8 Å². The van der Waals surface area contributed by atoms with Crippen LogP contribution in [0.25, 0.3) is 0 Å². The Hall–Kier alpha value is -2.27. The molecule has 0 fully saturated rings. The lowest BCUT2D eigenvalue weighted by atomic mass is 10.1. The summed E-state index contributed by atoms with van der Waals surface area (Å²) in [7, 11) is 0. The van der Waals surface area contributed by atoms with Crippen LogP contribution in [0.15, 0.2) is 59.5 Å². The first-order chi connectivity index (χ1) is 13.9. The first-order valence-electron chi connectivity index (χ1n) is 10.2. The van der Waals surface area contributed by atoms with Crippen molar-refractivity contribution in [3.8, 4) is 0 Å². The van der Waals surface area contributed by atoms with Gasteiger partial charge in [-0.3, -0.25) is 9.59 Å². The Kier molecular flexibility index (Phi) is 9.26. The molecule has 0 aliphatic heterocycles. The van der Waals surface area contributed by atoms with Crippen LogP contribution in [0.5, 0.6) is 0 Å². The van der Waals surface area contributed by atoms with E-state index in [1.54, 1.807) is 16.7 Å². The average molecular weight is 413 g/mol. The predicted molar refractivity (Wildman–Crippen MR) is 121 cm³/mol. The molecule has 2 rings (SSSR count). The van der Waals surface area contributed by atoms with Crippen LogP contribution in [0, 0.1) is 6.92 Å². The Labute approximate surface area is 179 Å². The zero-order chi connectivity index (χ0) is 21.2.